The Kier molecular flexibility index (Phi) is 7.75. The fourth-order valence-electron chi connectivity index (χ4n) is 5.81. The molecule has 3 aromatic carbocycles. The minimum absolute atomic E-state index is 0.0616. The SMILES string of the molecule is COc1ccc([C@H]2C(C(=O)Nc3ccccc3C)=C(C)NC3=C2C(=O)C[C@H](c2ccc(OC)c(OC)c2)C3)cc1O. The molecule has 1 aliphatic carbocycles. The van der Waals surface area contributed by atoms with Gasteiger partial charge < -0.3 is 30.0 Å². The van der Waals surface area contributed by atoms with Crippen LogP contribution in [0.5, 0.6) is 23.0 Å². The molecule has 8 nitrogen and oxygen atoms in total. The van der Waals surface area contributed by atoms with Crippen LogP contribution < -0.4 is 24.8 Å². The first-order chi connectivity index (χ1) is 19.7. The van der Waals surface area contributed by atoms with E-state index in [1.54, 1.807) is 32.4 Å². The molecule has 3 aromatic rings. The van der Waals surface area contributed by atoms with Gasteiger partial charge in [0.15, 0.2) is 28.8 Å². The summed E-state index contributed by atoms with van der Waals surface area (Å²) < 4.78 is 16.1. The fraction of sp³-hybridized carbons (Fsp3) is 0.273. The fourth-order valence-corrected chi connectivity index (χ4v) is 5.81. The Morgan fingerprint density at radius 3 is 2.24 bits per heavy atom. The number of carbonyl (C=O) groups excluding carboxylic acids is 2. The standard InChI is InChI=1S/C33H34N2O6/c1-18-8-6-7-9-23(18)35-33(38)30-19(2)34-24-14-22(20-10-13-28(40-4)29(17-20)41-5)16-26(37)32(24)31(30)21-11-12-27(39-3)25(36)15-21/h6-13,15,17,22,31,34,36H,14,16H2,1-5H3,(H,35,38)/t22-,31+/m1/s1. The normalized spacial score (nSPS) is 18.4. The van der Waals surface area contributed by atoms with Crippen molar-refractivity contribution in [3.05, 3.63) is 99.9 Å². The highest BCUT2D eigenvalue weighted by Crippen LogP contribution is 2.47. The van der Waals surface area contributed by atoms with E-state index in [2.05, 4.69) is 10.6 Å². The average molecular weight is 555 g/mol. The van der Waals surface area contributed by atoms with Gasteiger partial charge in [0.1, 0.15) is 0 Å². The first-order valence-corrected chi connectivity index (χ1v) is 13.5. The predicted octanol–water partition coefficient (Wildman–Crippen LogP) is 5.73. The number of phenols is 1. The lowest BCUT2D eigenvalue weighted by molar-refractivity contribution is -0.116. The maximum absolute atomic E-state index is 14.0. The molecule has 0 radical (unpaired) electrons. The van der Waals surface area contributed by atoms with Crippen LogP contribution in [0.15, 0.2) is 83.2 Å². The molecule has 0 unspecified atom stereocenters. The quantitative estimate of drug-likeness (QED) is 0.343. The summed E-state index contributed by atoms with van der Waals surface area (Å²) in [6, 6.07) is 18.3. The van der Waals surface area contributed by atoms with Crippen molar-refractivity contribution in [2.75, 3.05) is 26.6 Å². The molecule has 0 aromatic heterocycles. The van der Waals surface area contributed by atoms with E-state index in [-0.39, 0.29) is 29.8 Å². The summed E-state index contributed by atoms with van der Waals surface area (Å²) in [6.07, 6.45) is 0.833. The number of rotatable bonds is 7. The number of methoxy groups -OCH3 is 3. The van der Waals surface area contributed by atoms with Crippen LogP contribution in [0.1, 0.15) is 48.3 Å². The van der Waals surface area contributed by atoms with Gasteiger partial charge in [-0.1, -0.05) is 30.3 Å². The van der Waals surface area contributed by atoms with Gasteiger partial charge >= 0.3 is 0 Å². The molecule has 2 atom stereocenters. The van der Waals surface area contributed by atoms with Crippen LogP contribution >= 0.6 is 0 Å². The Labute approximate surface area is 239 Å². The lowest BCUT2D eigenvalue weighted by atomic mass is 9.71. The van der Waals surface area contributed by atoms with Crippen LogP contribution in [-0.4, -0.2) is 38.1 Å². The zero-order chi connectivity index (χ0) is 29.3. The summed E-state index contributed by atoms with van der Waals surface area (Å²) in [5, 5.41) is 17.1. The van der Waals surface area contributed by atoms with Crippen molar-refractivity contribution in [1.82, 2.24) is 5.32 Å². The third-order valence-electron chi connectivity index (χ3n) is 7.88. The first kappa shape index (κ1) is 27.8. The molecular formula is C33H34N2O6. The first-order valence-electron chi connectivity index (χ1n) is 13.5. The molecule has 0 fully saturated rings. The maximum atomic E-state index is 14.0. The molecule has 0 saturated heterocycles. The number of ketones is 1. The van der Waals surface area contributed by atoms with Crippen LogP contribution in [0.3, 0.4) is 0 Å². The van der Waals surface area contributed by atoms with Gasteiger partial charge in [-0.2, -0.15) is 0 Å². The lowest BCUT2D eigenvalue weighted by Gasteiger charge is -2.37. The average Bonchev–Trinajstić information content (AvgIpc) is 2.96. The van der Waals surface area contributed by atoms with Gasteiger partial charge in [-0.3, -0.25) is 9.59 Å². The van der Waals surface area contributed by atoms with Gasteiger partial charge in [-0.25, -0.2) is 0 Å². The maximum Gasteiger partial charge on any atom is 0.254 e. The number of dihydropyridines is 1. The Morgan fingerprint density at radius 2 is 1.56 bits per heavy atom. The molecule has 1 aliphatic heterocycles. The van der Waals surface area contributed by atoms with E-state index in [4.69, 9.17) is 14.2 Å². The monoisotopic (exact) mass is 554 g/mol. The van der Waals surface area contributed by atoms with Gasteiger partial charge in [0.05, 0.1) is 21.3 Å². The van der Waals surface area contributed by atoms with E-state index < -0.39 is 5.92 Å². The van der Waals surface area contributed by atoms with E-state index in [0.29, 0.717) is 51.8 Å². The molecular weight excluding hydrogens is 520 g/mol. The molecule has 0 saturated carbocycles. The predicted molar refractivity (Wildman–Crippen MR) is 157 cm³/mol. The summed E-state index contributed by atoms with van der Waals surface area (Å²) in [5.74, 6) is 0.335. The summed E-state index contributed by atoms with van der Waals surface area (Å²) in [4.78, 5) is 27.8. The molecule has 5 rings (SSSR count). The largest absolute Gasteiger partial charge is 0.504 e. The number of amides is 1. The molecule has 3 N–H and O–H groups in total. The minimum atomic E-state index is -0.675. The van der Waals surface area contributed by atoms with Crippen molar-refractivity contribution in [1.29, 1.82) is 0 Å². The minimum Gasteiger partial charge on any atom is -0.504 e. The Hall–Kier alpha value is -4.72. The van der Waals surface area contributed by atoms with Gasteiger partial charge in [-0.05, 0) is 73.2 Å². The second kappa shape index (κ2) is 11.4. The number of para-hydroxylation sites is 1. The molecule has 0 spiro atoms. The Balaban J connectivity index is 1.57. The van der Waals surface area contributed by atoms with Crippen molar-refractivity contribution in [2.24, 2.45) is 0 Å². The smallest absolute Gasteiger partial charge is 0.254 e. The molecule has 1 amide bonds. The summed E-state index contributed by atoms with van der Waals surface area (Å²) in [7, 11) is 4.65. The van der Waals surface area contributed by atoms with Crippen molar-refractivity contribution >= 4 is 17.4 Å². The van der Waals surface area contributed by atoms with Gasteiger partial charge in [-0.15, -0.1) is 0 Å². The van der Waals surface area contributed by atoms with Gasteiger partial charge in [0, 0.05) is 40.6 Å². The topological polar surface area (TPSA) is 106 Å². The van der Waals surface area contributed by atoms with Crippen molar-refractivity contribution in [3.63, 3.8) is 0 Å². The number of anilines is 1. The van der Waals surface area contributed by atoms with Crippen LogP contribution in [0.2, 0.25) is 0 Å². The number of nitrogens with one attached hydrogen (secondary N) is 2. The summed E-state index contributed by atoms with van der Waals surface area (Å²) in [5.41, 5.74) is 5.59. The molecule has 0 bridgehead atoms. The van der Waals surface area contributed by atoms with Crippen molar-refractivity contribution < 1.29 is 28.9 Å². The molecule has 41 heavy (non-hydrogen) atoms. The number of carbonyl (C=O) groups is 2. The third kappa shape index (κ3) is 5.25. The second-order valence-electron chi connectivity index (χ2n) is 10.3. The van der Waals surface area contributed by atoms with Crippen LogP contribution in [0.25, 0.3) is 0 Å². The number of hydrogen-bond donors (Lipinski definition) is 3. The van der Waals surface area contributed by atoms with Crippen LogP contribution in [0.4, 0.5) is 5.69 Å². The highest BCUT2D eigenvalue weighted by Gasteiger charge is 2.41. The number of hydrogen-bond acceptors (Lipinski definition) is 7. The summed E-state index contributed by atoms with van der Waals surface area (Å²) in [6.45, 7) is 3.77. The molecule has 8 heteroatoms. The van der Waals surface area contributed by atoms with E-state index in [9.17, 15) is 14.7 Å². The summed E-state index contributed by atoms with van der Waals surface area (Å²) >= 11 is 0. The number of phenolic OH excluding ortho intramolecular Hbond substituents is 1. The van der Waals surface area contributed by atoms with Crippen molar-refractivity contribution in [3.8, 4) is 23.0 Å². The highest BCUT2D eigenvalue weighted by molar-refractivity contribution is 6.10. The zero-order valence-corrected chi connectivity index (χ0v) is 23.8. The number of allylic oxidation sites excluding steroid dienone is 3. The van der Waals surface area contributed by atoms with E-state index in [1.807, 2.05) is 56.3 Å². The van der Waals surface area contributed by atoms with Crippen LogP contribution in [0, 0.1) is 6.92 Å². The number of aromatic hydroxyl groups is 1. The third-order valence-corrected chi connectivity index (χ3v) is 7.88. The number of aryl methyl sites for hydroxylation is 1. The Morgan fingerprint density at radius 1 is 0.878 bits per heavy atom. The van der Waals surface area contributed by atoms with E-state index >= 15 is 0 Å². The molecule has 1 heterocycles. The lowest BCUT2D eigenvalue weighted by Crippen LogP contribution is -2.37. The Bertz CT molecular complexity index is 1590. The van der Waals surface area contributed by atoms with E-state index in [0.717, 1.165) is 16.8 Å². The highest BCUT2D eigenvalue weighted by atomic mass is 16.5. The molecule has 2 aliphatic rings. The van der Waals surface area contributed by atoms with E-state index in [1.165, 1.54) is 7.11 Å². The second-order valence-corrected chi connectivity index (χ2v) is 10.3. The number of benzene rings is 3. The van der Waals surface area contributed by atoms with Crippen LogP contribution in [-0.2, 0) is 9.59 Å². The number of Topliss-reactive ketones (excluding diaryl/α,β-unsaturated/α-hetero) is 1. The van der Waals surface area contributed by atoms with Crippen molar-refractivity contribution in [2.45, 2.75) is 38.5 Å². The zero-order valence-electron chi connectivity index (χ0n) is 23.8. The number of ether oxygens (including phenoxy) is 3. The molecule has 212 valence electrons. The van der Waals surface area contributed by atoms with Gasteiger partial charge in [0.25, 0.3) is 5.91 Å². The van der Waals surface area contributed by atoms with Gasteiger partial charge in [0.2, 0.25) is 0 Å².